The highest BCUT2D eigenvalue weighted by molar-refractivity contribution is 7.22. The highest BCUT2D eigenvalue weighted by Crippen LogP contribution is 2.37. The number of rotatable bonds is 3. The molecule has 0 amide bonds. The normalized spacial score (nSPS) is 18.3. The van der Waals surface area contributed by atoms with E-state index in [1.54, 1.807) is 17.7 Å². The Morgan fingerprint density at radius 2 is 2.21 bits per heavy atom. The Bertz CT molecular complexity index is 859. The van der Waals surface area contributed by atoms with E-state index in [-0.39, 0.29) is 6.04 Å². The molecule has 8 nitrogen and oxygen atoms in total. The van der Waals surface area contributed by atoms with Crippen molar-refractivity contribution in [3.63, 3.8) is 0 Å². The Morgan fingerprint density at radius 3 is 2.96 bits per heavy atom. The molecule has 0 bridgehead atoms. The standard InChI is InChI=1S/C15H19N7OS/c1-20(2)15-19-13-12(24-15)14(17-9-16-13)22-4-5-23-8-11(22)10-6-18-21(3)7-10/h6-7,9,11H,4-5,8H2,1-3H3. The van der Waals surface area contributed by atoms with Gasteiger partial charge in [-0.2, -0.15) is 10.1 Å². The molecule has 126 valence electrons. The molecule has 3 aromatic heterocycles. The minimum atomic E-state index is 0.0930. The smallest absolute Gasteiger partial charge is 0.187 e. The van der Waals surface area contributed by atoms with E-state index < -0.39 is 0 Å². The number of aromatic nitrogens is 5. The van der Waals surface area contributed by atoms with Crippen LogP contribution in [0.2, 0.25) is 0 Å². The van der Waals surface area contributed by atoms with Crippen LogP contribution in [0.4, 0.5) is 10.9 Å². The molecule has 0 aliphatic carbocycles. The monoisotopic (exact) mass is 345 g/mol. The highest BCUT2D eigenvalue weighted by atomic mass is 32.1. The van der Waals surface area contributed by atoms with Gasteiger partial charge >= 0.3 is 0 Å². The van der Waals surface area contributed by atoms with Gasteiger partial charge in [0.05, 0.1) is 25.5 Å². The van der Waals surface area contributed by atoms with Crippen molar-refractivity contribution in [2.45, 2.75) is 6.04 Å². The molecule has 3 aromatic rings. The van der Waals surface area contributed by atoms with Crippen molar-refractivity contribution in [3.8, 4) is 0 Å². The Kier molecular flexibility index (Phi) is 3.81. The van der Waals surface area contributed by atoms with Gasteiger partial charge in [-0.25, -0.2) is 9.97 Å². The summed E-state index contributed by atoms with van der Waals surface area (Å²) in [6, 6.07) is 0.0930. The number of hydrogen-bond acceptors (Lipinski definition) is 8. The molecule has 0 aromatic carbocycles. The molecule has 1 unspecified atom stereocenters. The average Bonchev–Trinajstić information content (AvgIpc) is 3.20. The molecule has 4 rings (SSSR count). The van der Waals surface area contributed by atoms with E-state index in [9.17, 15) is 0 Å². The van der Waals surface area contributed by atoms with Crippen molar-refractivity contribution in [2.24, 2.45) is 7.05 Å². The lowest BCUT2D eigenvalue weighted by atomic mass is 10.1. The van der Waals surface area contributed by atoms with Gasteiger partial charge in [-0.1, -0.05) is 11.3 Å². The molecular weight excluding hydrogens is 326 g/mol. The maximum atomic E-state index is 5.71. The van der Waals surface area contributed by atoms with Gasteiger partial charge in [0.15, 0.2) is 16.6 Å². The Balaban J connectivity index is 1.79. The van der Waals surface area contributed by atoms with E-state index in [2.05, 4.69) is 25.0 Å². The predicted molar refractivity (Wildman–Crippen MR) is 93.7 cm³/mol. The predicted octanol–water partition coefficient (Wildman–Crippen LogP) is 1.46. The van der Waals surface area contributed by atoms with Crippen LogP contribution in [0.3, 0.4) is 0 Å². The summed E-state index contributed by atoms with van der Waals surface area (Å²) in [7, 11) is 5.89. The van der Waals surface area contributed by atoms with Gasteiger partial charge in [0.1, 0.15) is 11.0 Å². The van der Waals surface area contributed by atoms with E-state index in [1.807, 2.05) is 43.1 Å². The van der Waals surface area contributed by atoms with Crippen molar-refractivity contribution in [2.75, 3.05) is 43.7 Å². The second-order valence-electron chi connectivity index (χ2n) is 5.97. The summed E-state index contributed by atoms with van der Waals surface area (Å²) in [5.74, 6) is 0.919. The zero-order valence-corrected chi connectivity index (χ0v) is 14.7. The van der Waals surface area contributed by atoms with Crippen LogP contribution in [-0.4, -0.2) is 58.6 Å². The molecule has 9 heteroatoms. The topological polar surface area (TPSA) is 72.2 Å². The first-order valence-corrected chi connectivity index (χ1v) is 8.57. The third kappa shape index (κ3) is 2.59. The number of thiazole rings is 1. The van der Waals surface area contributed by atoms with E-state index in [4.69, 9.17) is 4.74 Å². The van der Waals surface area contributed by atoms with Crippen LogP contribution in [0.25, 0.3) is 10.3 Å². The number of hydrogen-bond donors (Lipinski definition) is 0. The number of fused-ring (bicyclic) bond motifs is 1. The molecule has 0 spiro atoms. The Labute approximate surface area is 143 Å². The lowest BCUT2D eigenvalue weighted by Crippen LogP contribution is -2.40. The summed E-state index contributed by atoms with van der Waals surface area (Å²) in [6.07, 6.45) is 5.51. The molecule has 0 radical (unpaired) electrons. The number of anilines is 2. The van der Waals surface area contributed by atoms with Crippen LogP contribution in [0.5, 0.6) is 0 Å². The van der Waals surface area contributed by atoms with Gasteiger partial charge in [0, 0.05) is 39.4 Å². The third-order valence-corrected chi connectivity index (χ3v) is 5.26. The van der Waals surface area contributed by atoms with E-state index in [1.165, 1.54) is 0 Å². The van der Waals surface area contributed by atoms with Crippen LogP contribution in [0, 0.1) is 0 Å². The van der Waals surface area contributed by atoms with E-state index >= 15 is 0 Å². The number of morpholine rings is 1. The maximum absolute atomic E-state index is 5.71. The lowest BCUT2D eigenvalue weighted by molar-refractivity contribution is 0.0939. The number of aryl methyl sites for hydroxylation is 1. The fourth-order valence-electron chi connectivity index (χ4n) is 2.87. The summed E-state index contributed by atoms with van der Waals surface area (Å²) in [6.45, 7) is 2.08. The first-order valence-electron chi connectivity index (χ1n) is 7.75. The molecule has 1 fully saturated rings. The van der Waals surface area contributed by atoms with Crippen molar-refractivity contribution in [1.29, 1.82) is 0 Å². The molecule has 1 saturated heterocycles. The van der Waals surface area contributed by atoms with Gasteiger partial charge in [-0.15, -0.1) is 0 Å². The number of ether oxygens (including phenoxy) is 1. The fraction of sp³-hybridized carbons (Fsp3) is 0.467. The van der Waals surface area contributed by atoms with Crippen molar-refractivity contribution in [1.82, 2.24) is 24.7 Å². The van der Waals surface area contributed by atoms with Crippen LogP contribution >= 0.6 is 11.3 Å². The molecule has 0 saturated carbocycles. The molecule has 4 heterocycles. The van der Waals surface area contributed by atoms with Gasteiger partial charge in [0.25, 0.3) is 0 Å². The molecule has 24 heavy (non-hydrogen) atoms. The molecule has 0 N–H and O–H groups in total. The summed E-state index contributed by atoms with van der Waals surface area (Å²) < 4.78 is 8.54. The number of nitrogens with zero attached hydrogens (tertiary/aromatic N) is 7. The zero-order chi connectivity index (χ0) is 16.7. The minimum absolute atomic E-state index is 0.0930. The zero-order valence-electron chi connectivity index (χ0n) is 13.9. The molecular formula is C15H19N7OS. The fourth-order valence-corrected chi connectivity index (χ4v) is 3.82. The van der Waals surface area contributed by atoms with Gasteiger partial charge in [-0.3, -0.25) is 4.68 Å². The third-order valence-electron chi connectivity index (χ3n) is 4.05. The maximum Gasteiger partial charge on any atom is 0.187 e. The van der Waals surface area contributed by atoms with Crippen molar-refractivity contribution < 1.29 is 4.74 Å². The first-order chi connectivity index (χ1) is 11.6. The quantitative estimate of drug-likeness (QED) is 0.711. The lowest BCUT2D eigenvalue weighted by Gasteiger charge is -2.36. The second-order valence-corrected chi connectivity index (χ2v) is 6.95. The Morgan fingerprint density at radius 1 is 1.33 bits per heavy atom. The van der Waals surface area contributed by atoms with E-state index in [0.29, 0.717) is 13.2 Å². The van der Waals surface area contributed by atoms with Crippen molar-refractivity contribution >= 4 is 32.6 Å². The highest BCUT2D eigenvalue weighted by Gasteiger charge is 2.29. The van der Waals surface area contributed by atoms with Crippen LogP contribution in [0.1, 0.15) is 11.6 Å². The summed E-state index contributed by atoms with van der Waals surface area (Å²) >= 11 is 1.61. The van der Waals surface area contributed by atoms with Crippen LogP contribution < -0.4 is 9.80 Å². The van der Waals surface area contributed by atoms with E-state index in [0.717, 1.165) is 33.4 Å². The molecule has 1 aliphatic rings. The summed E-state index contributed by atoms with van der Waals surface area (Å²) in [4.78, 5) is 17.8. The minimum Gasteiger partial charge on any atom is -0.377 e. The Hall–Kier alpha value is -2.26. The van der Waals surface area contributed by atoms with Crippen LogP contribution in [-0.2, 0) is 11.8 Å². The SMILES string of the molecule is CN(C)c1nc2ncnc(N3CCOCC3c3cnn(C)c3)c2s1. The first kappa shape index (κ1) is 15.3. The largest absolute Gasteiger partial charge is 0.377 e. The molecule has 1 aliphatic heterocycles. The average molecular weight is 345 g/mol. The van der Waals surface area contributed by atoms with Gasteiger partial charge < -0.3 is 14.5 Å². The van der Waals surface area contributed by atoms with Crippen molar-refractivity contribution in [3.05, 3.63) is 24.3 Å². The van der Waals surface area contributed by atoms with Gasteiger partial charge in [-0.05, 0) is 0 Å². The van der Waals surface area contributed by atoms with Gasteiger partial charge in [0.2, 0.25) is 0 Å². The molecule has 1 atom stereocenters. The van der Waals surface area contributed by atoms with Crippen LogP contribution in [0.15, 0.2) is 18.7 Å². The summed E-state index contributed by atoms with van der Waals surface area (Å²) in [5, 5.41) is 5.22. The summed E-state index contributed by atoms with van der Waals surface area (Å²) in [5.41, 5.74) is 1.87. The second kappa shape index (κ2) is 5.99.